The van der Waals surface area contributed by atoms with Crippen LogP contribution in [0.5, 0.6) is 5.75 Å². The molecule has 0 radical (unpaired) electrons. The highest BCUT2D eigenvalue weighted by Gasteiger charge is 2.51. The van der Waals surface area contributed by atoms with Gasteiger partial charge in [0.1, 0.15) is 5.75 Å². The second kappa shape index (κ2) is 7.81. The molecule has 0 unspecified atom stereocenters. The first-order chi connectivity index (χ1) is 13.0. The largest absolute Gasteiger partial charge is 0.573 e. The van der Waals surface area contributed by atoms with Crippen LogP contribution in [0.2, 0.25) is 0 Å². The van der Waals surface area contributed by atoms with E-state index >= 15 is 0 Å². The zero-order valence-electron chi connectivity index (χ0n) is 15.9. The fourth-order valence-electron chi connectivity index (χ4n) is 4.28. The molecule has 28 heavy (non-hydrogen) atoms. The van der Waals surface area contributed by atoms with Crippen molar-refractivity contribution in [3.63, 3.8) is 0 Å². The molecule has 0 amide bonds. The predicted octanol–water partition coefficient (Wildman–Crippen LogP) is 2.32. The van der Waals surface area contributed by atoms with Gasteiger partial charge in [0.05, 0.1) is 12.9 Å². The molecule has 0 aromatic heterocycles. The number of piperidine rings is 1. The molecule has 2 aliphatic rings. The Morgan fingerprint density at radius 2 is 1.89 bits per heavy atom. The lowest BCUT2D eigenvalue weighted by molar-refractivity contribution is -0.274. The van der Waals surface area contributed by atoms with Crippen LogP contribution in [0.3, 0.4) is 0 Å². The second-order valence-electron chi connectivity index (χ2n) is 7.72. The summed E-state index contributed by atoms with van der Waals surface area (Å²) < 4.78 is 71.6. The molecule has 0 bridgehead atoms. The van der Waals surface area contributed by atoms with Crippen molar-refractivity contribution >= 4 is 10.0 Å². The molecule has 2 atom stereocenters. The zero-order chi connectivity index (χ0) is 20.6. The number of halogens is 3. The first-order valence-corrected chi connectivity index (χ1v) is 10.9. The molecule has 3 rings (SSSR count). The van der Waals surface area contributed by atoms with Gasteiger partial charge in [-0.2, -0.15) is 0 Å². The standard InChI is InChI=1S/C18H25F3N2O4S/c1-26-13-17-7-8-22(10-15(17)11-23(12-17)28(2,24)25)9-14-3-5-16(6-4-14)27-18(19,20)21/h3-6,15H,7-13H2,1-2H3/t15-,17+/m1/s1. The first-order valence-electron chi connectivity index (χ1n) is 9.02. The van der Waals surface area contributed by atoms with Gasteiger partial charge in [-0.25, -0.2) is 12.7 Å². The van der Waals surface area contributed by atoms with Crippen molar-refractivity contribution in [2.24, 2.45) is 11.3 Å². The van der Waals surface area contributed by atoms with Gasteiger partial charge < -0.3 is 9.47 Å². The Bertz CT molecular complexity index is 785. The van der Waals surface area contributed by atoms with E-state index in [0.29, 0.717) is 26.2 Å². The third-order valence-electron chi connectivity index (χ3n) is 5.65. The molecule has 1 aromatic carbocycles. The number of benzene rings is 1. The van der Waals surface area contributed by atoms with Gasteiger partial charge in [0.15, 0.2) is 0 Å². The summed E-state index contributed by atoms with van der Waals surface area (Å²) in [5, 5.41) is 0. The first kappa shape index (κ1) is 21.4. The summed E-state index contributed by atoms with van der Waals surface area (Å²) in [7, 11) is -1.63. The smallest absolute Gasteiger partial charge is 0.406 e. The van der Waals surface area contributed by atoms with E-state index in [2.05, 4.69) is 9.64 Å². The van der Waals surface area contributed by atoms with E-state index in [1.807, 2.05) is 0 Å². The molecule has 0 aliphatic carbocycles. The maximum atomic E-state index is 12.3. The maximum Gasteiger partial charge on any atom is 0.573 e. The topological polar surface area (TPSA) is 59.1 Å². The Hall–Kier alpha value is -1.36. The van der Waals surface area contributed by atoms with Gasteiger partial charge in [0, 0.05) is 38.7 Å². The van der Waals surface area contributed by atoms with Gasteiger partial charge in [-0.15, -0.1) is 13.2 Å². The van der Waals surface area contributed by atoms with Crippen LogP contribution in [0.15, 0.2) is 24.3 Å². The number of sulfonamides is 1. The number of alkyl halides is 3. The molecule has 0 spiro atoms. The number of nitrogens with zero attached hydrogens (tertiary/aromatic N) is 2. The SMILES string of the molecule is COC[C@@]12CCN(Cc3ccc(OC(F)(F)F)cc3)C[C@@H]1CN(S(C)(=O)=O)C2. The third-order valence-corrected chi connectivity index (χ3v) is 6.87. The number of rotatable bonds is 6. The molecule has 0 saturated carbocycles. The van der Waals surface area contributed by atoms with Crippen LogP contribution in [-0.4, -0.2) is 70.1 Å². The average Bonchev–Trinajstić information content (AvgIpc) is 2.95. The Kier molecular flexibility index (Phi) is 5.96. The van der Waals surface area contributed by atoms with Crippen molar-refractivity contribution in [1.82, 2.24) is 9.21 Å². The predicted molar refractivity (Wildman–Crippen MR) is 97.2 cm³/mol. The van der Waals surface area contributed by atoms with E-state index in [0.717, 1.165) is 25.1 Å². The van der Waals surface area contributed by atoms with Crippen molar-refractivity contribution in [2.75, 3.05) is 46.2 Å². The van der Waals surface area contributed by atoms with E-state index in [1.54, 1.807) is 19.2 Å². The van der Waals surface area contributed by atoms with Crippen molar-refractivity contribution in [3.05, 3.63) is 29.8 Å². The van der Waals surface area contributed by atoms with Crippen LogP contribution >= 0.6 is 0 Å². The van der Waals surface area contributed by atoms with E-state index in [-0.39, 0.29) is 17.1 Å². The number of hydrogen-bond donors (Lipinski definition) is 0. The third kappa shape index (κ3) is 4.97. The molecule has 6 nitrogen and oxygen atoms in total. The van der Waals surface area contributed by atoms with Gasteiger partial charge in [-0.1, -0.05) is 12.1 Å². The molecule has 2 aliphatic heterocycles. The van der Waals surface area contributed by atoms with Crippen LogP contribution in [0.25, 0.3) is 0 Å². The number of likely N-dealkylation sites (tertiary alicyclic amines) is 1. The van der Waals surface area contributed by atoms with Crippen LogP contribution < -0.4 is 4.74 Å². The average molecular weight is 422 g/mol. The minimum Gasteiger partial charge on any atom is -0.406 e. The van der Waals surface area contributed by atoms with Gasteiger partial charge in [0.2, 0.25) is 10.0 Å². The van der Waals surface area contributed by atoms with E-state index < -0.39 is 16.4 Å². The van der Waals surface area contributed by atoms with Crippen molar-refractivity contribution < 1.29 is 31.1 Å². The summed E-state index contributed by atoms with van der Waals surface area (Å²) >= 11 is 0. The Balaban J connectivity index is 1.65. The fraction of sp³-hybridized carbons (Fsp3) is 0.667. The zero-order valence-corrected chi connectivity index (χ0v) is 16.7. The van der Waals surface area contributed by atoms with Crippen LogP contribution in [0, 0.1) is 11.3 Å². The van der Waals surface area contributed by atoms with Crippen LogP contribution in [-0.2, 0) is 21.3 Å². The number of ether oxygens (including phenoxy) is 2. The molecule has 2 heterocycles. The minimum atomic E-state index is -4.70. The quantitative estimate of drug-likeness (QED) is 0.704. The molecule has 2 saturated heterocycles. The normalized spacial score (nSPS) is 27.0. The van der Waals surface area contributed by atoms with E-state index in [4.69, 9.17) is 4.74 Å². The van der Waals surface area contributed by atoms with Gasteiger partial charge in [0.25, 0.3) is 0 Å². The monoisotopic (exact) mass is 422 g/mol. The molecule has 0 N–H and O–H groups in total. The van der Waals surface area contributed by atoms with Crippen molar-refractivity contribution in [3.8, 4) is 5.75 Å². The van der Waals surface area contributed by atoms with Crippen LogP contribution in [0.4, 0.5) is 13.2 Å². The fourth-order valence-corrected chi connectivity index (χ4v) is 5.22. The summed E-state index contributed by atoms with van der Waals surface area (Å²) in [6.07, 6.45) is -2.66. The molecule has 158 valence electrons. The molecular weight excluding hydrogens is 397 g/mol. The highest BCUT2D eigenvalue weighted by atomic mass is 32.2. The van der Waals surface area contributed by atoms with Crippen molar-refractivity contribution in [1.29, 1.82) is 0 Å². The minimum absolute atomic E-state index is 0.156. The maximum absolute atomic E-state index is 12.3. The molecule has 1 aromatic rings. The summed E-state index contributed by atoms with van der Waals surface area (Å²) in [4.78, 5) is 2.21. The second-order valence-corrected chi connectivity index (χ2v) is 9.71. The summed E-state index contributed by atoms with van der Waals surface area (Å²) in [6.45, 7) is 3.54. The molecular formula is C18H25F3N2O4S. The lowest BCUT2D eigenvalue weighted by atomic mass is 9.73. The van der Waals surface area contributed by atoms with Gasteiger partial charge in [-0.05, 0) is 36.6 Å². The summed E-state index contributed by atoms with van der Waals surface area (Å²) in [6, 6.07) is 5.86. The van der Waals surface area contributed by atoms with Crippen LogP contribution in [0.1, 0.15) is 12.0 Å². The highest BCUT2D eigenvalue weighted by Crippen LogP contribution is 2.44. The van der Waals surface area contributed by atoms with Crippen molar-refractivity contribution in [2.45, 2.75) is 19.3 Å². The Morgan fingerprint density at radius 1 is 1.21 bits per heavy atom. The number of hydrogen-bond acceptors (Lipinski definition) is 5. The number of fused-ring (bicyclic) bond motifs is 1. The van der Waals surface area contributed by atoms with Gasteiger partial charge in [-0.3, -0.25) is 4.90 Å². The van der Waals surface area contributed by atoms with E-state index in [1.165, 1.54) is 22.7 Å². The lowest BCUT2D eigenvalue weighted by Gasteiger charge is -2.43. The molecule has 10 heteroatoms. The molecule has 2 fully saturated rings. The lowest BCUT2D eigenvalue weighted by Crippen LogP contribution is -2.48. The Morgan fingerprint density at radius 3 is 2.46 bits per heavy atom. The number of methoxy groups -OCH3 is 1. The summed E-state index contributed by atoms with van der Waals surface area (Å²) in [5.41, 5.74) is 0.699. The Labute approximate surface area is 163 Å². The summed E-state index contributed by atoms with van der Waals surface area (Å²) in [5.74, 6) is -0.0858. The highest BCUT2D eigenvalue weighted by molar-refractivity contribution is 7.88. The van der Waals surface area contributed by atoms with Gasteiger partial charge >= 0.3 is 6.36 Å². The van der Waals surface area contributed by atoms with E-state index in [9.17, 15) is 21.6 Å².